The molecule has 2 heterocycles. The van der Waals surface area contributed by atoms with Gasteiger partial charge in [0.15, 0.2) is 0 Å². The van der Waals surface area contributed by atoms with Crippen LogP contribution in [0, 0.1) is 27.7 Å². The van der Waals surface area contributed by atoms with Crippen LogP contribution in [0.1, 0.15) is 71.3 Å². The zero-order chi connectivity index (χ0) is 28.4. The SMILES string of the molecule is Cc1oc2c(C(CC(=O)O)CC(=O)OC(=O)CC(CC(=O)O)c3cccc4c(C)c(C)oc34)cccc2c1C. The van der Waals surface area contributed by atoms with Crippen LogP contribution >= 0.6 is 0 Å². The van der Waals surface area contributed by atoms with Gasteiger partial charge >= 0.3 is 23.9 Å². The van der Waals surface area contributed by atoms with Crippen molar-refractivity contribution in [1.29, 1.82) is 0 Å². The number of para-hydroxylation sites is 2. The number of esters is 2. The smallest absolute Gasteiger partial charge is 0.314 e. The number of hydrogen-bond acceptors (Lipinski definition) is 7. The van der Waals surface area contributed by atoms with Gasteiger partial charge in [0.1, 0.15) is 22.7 Å². The highest BCUT2D eigenvalue weighted by molar-refractivity contribution is 5.90. The molecule has 0 bridgehead atoms. The Hall–Kier alpha value is -4.40. The maximum absolute atomic E-state index is 12.8. The lowest BCUT2D eigenvalue weighted by molar-refractivity contribution is -0.160. The van der Waals surface area contributed by atoms with Crippen molar-refractivity contribution in [3.05, 3.63) is 70.2 Å². The number of carbonyl (C=O) groups is 4. The van der Waals surface area contributed by atoms with Gasteiger partial charge in [-0.05, 0) is 49.9 Å². The van der Waals surface area contributed by atoms with Crippen LogP contribution in [0.5, 0.6) is 0 Å². The Morgan fingerprint density at radius 1 is 0.667 bits per heavy atom. The molecule has 0 aliphatic rings. The average Bonchev–Trinajstić information content (AvgIpc) is 3.31. The lowest BCUT2D eigenvalue weighted by atomic mass is 9.90. The molecule has 0 saturated carbocycles. The number of rotatable bonds is 10. The molecule has 4 aromatic rings. The molecule has 2 N–H and O–H groups in total. The van der Waals surface area contributed by atoms with Gasteiger partial charge in [0, 0.05) is 22.6 Å². The summed E-state index contributed by atoms with van der Waals surface area (Å²) < 4.78 is 16.8. The van der Waals surface area contributed by atoms with Crippen LogP contribution < -0.4 is 0 Å². The summed E-state index contributed by atoms with van der Waals surface area (Å²) in [5.41, 5.74) is 3.90. The molecule has 2 atom stereocenters. The van der Waals surface area contributed by atoms with Crippen molar-refractivity contribution < 1.29 is 43.0 Å². The normalized spacial score (nSPS) is 12.9. The number of furan rings is 2. The van der Waals surface area contributed by atoms with Gasteiger partial charge in [-0.1, -0.05) is 36.4 Å². The second-order valence-corrected chi connectivity index (χ2v) is 9.86. The zero-order valence-electron chi connectivity index (χ0n) is 22.2. The predicted octanol–water partition coefficient (Wildman–Crippen LogP) is 6.08. The third-order valence-corrected chi connectivity index (χ3v) is 7.24. The number of carboxylic acids is 2. The van der Waals surface area contributed by atoms with Gasteiger partial charge in [0.2, 0.25) is 0 Å². The first-order valence-corrected chi connectivity index (χ1v) is 12.6. The van der Waals surface area contributed by atoms with Gasteiger partial charge in [-0.2, -0.15) is 0 Å². The van der Waals surface area contributed by atoms with Crippen molar-refractivity contribution in [2.75, 3.05) is 0 Å². The van der Waals surface area contributed by atoms with E-state index in [0.717, 1.165) is 21.9 Å². The highest BCUT2D eigenvalue weighted by Gasteiger charge is 2.28. The Bertz CT molecular complexity index is 1470. The summed E-state index contributed by atoms with van der Waals surface area (Å²) in [7, 11) is 0. The topological polar surface area (TPSA) is 144 Å². The summed E-state index contributed by atoms with van der Waals surface area (Å²) in [6.07, 6.45) is -1.48. The summed E-state index contributed by atoms with van der Waals surface area (Å²) in [4.78, 5) is 48.9. The maximum Gasteiger partial charge on any atom is 0.314 e. The highest BCUT2D eigenvalue weighted by atomic mass is 16.6. The summed E-state index contributed by atoms with van der Waals surface area (Å²) in [6, 6.07) is 10.6. The fourth-order valence-corrected chi connectivity index (χ4v) is 5.03. The summed E-state index contributed by atoms with van der Waals surface area (Å²) >= 11 is 0. The lowest BCUT2D eigenvalue weighted by Gasteiger charge is -2.17. The number of carboxylic acid groups (broad SMARTS) is 2. The van der Waals surface area contributed by atoms with Crippen LogP contribution in [0.4, 0.5) is 0 Å². The van der Waals surface area contributed by atoms with E-state index in [4.69, 9.17) is 13.6 Å². The van der Waals surface area contributed by atoms with Crippen LogP contribution in [-0.2, 0) is 23.9 Å². The first kappa shape index (κ1) is 27.6. The van der Waals surface area contributed by atoms with E-state index in [1.165, 1.54) is 0 Å². The first-order chi connectivity index (χ1) is 18.5. The molecule has 0 radical (unpaired) electrons. The Morgan fingerprint density at radius 2 is 1.05 bits per heavy atom. The summed E-state index contributed by atoms with van der Waals surface area (Å²) in [5, 5.41) is 20.6. The standard InChI is InChI=1S/C30H30O9/c1-15-17(3)37-29-21(15)7-5-9-23(29)19(11-25(31)32)13-27(35)39-28(36)14-20(12-26(33)34)24-10-6-8-22-16(2)18(4)38-30(22)24/h5-10,19-20H,11-14H2,1-4H3,(H,31,32)(H,33,34). The minimum atomic E-state index is -1.12. The lowest BCUT2D eigenvalue weighted by Crippen LogP contribution is -2.20. The Balaban J connectivity index is 1.54. The molecule has 9 nitrogen and oxygen atoms in total. The van der Waals surface area contributed by atoms with Crippen LogP contribution in [0.25, 0.3) is 21.9 Å². The minimum Gasteiger partial charge on any atom is -0.481 e. The molecular weight excluding hydrogens is 504 g/mol. The number of hydrogen-bond donors (Lipinski definition) is 2. The van der Waals surface area contributed by atoms with E-state index in [1.54, 1.807) is 38.1 Å². The zero-order valence-corrected chi connectivity index (χ0v) is 22.2. The van der Waals surface area contributed by atoms with Gasteiger partial charge in [0.05, 0.1) is 25.7 Å². The van der Waals surface area contributed by atoms with Gasteiger partial charge < -0.3 is 23.8 Å². The quantitative estimate of drug-likeness (QED) is 0.183. The number of fused-ring (bicyclic) bond motifs is 2. The molecule has 0 fully saturated rings. The monoisotopic (exact) mass is 534 g/mol. The molecule has 2 aromatic carbocycles. The van der Waals surface area contributed by atoms with E-state index in [1.807, 2.05) is 26.0 Å². The minimum absolute atomic E-state index is 0.369. The average molecular weight is 535 g/mol. The van der Waals surface area contributed by atoms with E-state index in [0.29, 0.717) is 33.8 Å². The molecule has 4 rings (SSSR count). The molecule has 0 saturated heterocycles. The largest absolute Gasteiger partial charge is 0.481 e. The van der Waals surface area contributed by atoms with Gasteiger partial charge in [-0.15, -0.1) is 0 Å². The molecule has 0 spiro atoms. The molecule has 39 heavy (non-hydrogen) atoms. The fourth-order valence-electron chi connectivity index (χ4n) is 5.03. The molecule has 0 amide bonds. The van der Waals surface area contributed by atoms with Crippen molar-refractivity contribution in [2.24, 2.45) is 0 Å². The Kier molecular flexibility index (Phi) is 7.90. The highest BCUT2D eigenvalue weighted by Crippen LogP contribution is 2.36. The van der Waals surface area contributed by atoms with Crippen molar-refractivity contribution >= 4 is 45.8 Å². The van der Waals surface area contributed by atoms with E-state index in [2.05, 4.69) is 0 Å². The second kappa shape index (κ2) is 11.1. The number of carbonyl (C=O) groups excluding carboxylic acids is 2. The van der Waals surface area contributed by atoms with E-state index < -0.39 is 35.7 Å². The number of ether oxygens (including phenoxy) is 1. The molecule has 204 valence electrons. The molecular formula is C30H30O9. The first-order valence-electron chi connectivity index (χ1n) is 12.6. The van der Waals surface area contributed by atoms with Crippen LogP contribution in [0.2, 0.25) is 0 Å². The second-order valence-electron chi connectivity index (χ2n) is 9.86. The van der Waals surface area contributed by atoms with Crippen molar-refractivity contribution in [3.8, 4) is 0 Å². The number of aryl methyl sites for hydroxylation is 4. The van der Waals surface area contributed by atoms with Crippen molar-refractivity contribution in [3.63, 3.8) is 0 Å². The number of benzene rings is 2. The third kappa shape index (κ3) is 5.87. The molecule has 0 aliphatic heterocycles. The summed E-state index contributed by atoms with van der Waals surface area (Å²) in [5.74, 6) is -4.26. The third-order valence-electron chi connectivity index (χ3n) is 7.24. The molecule has 2 aromatic heterocycles. The molecule has 9 heteroatoms. The number of aliphatic carboxylic acids is 2. The molecule has 0 aliphatic carbocycles. The van der Waals surface area contributed by atoms with Gasteiger partial charge in [0.25, 0.3) is 0 Å². The van der Waals surface area contributed by atoms with E-state index in [9.17, 15) is 29.4 Å². The van der Waals surface area contributed by atoms with Crippen LogP contribution in [-0.4, -0.2) is 34.1 Å². The Labute approximate surface area is 224 Å². The molecule has 2 unspecified atom stereocenters. The fraction of sp³-hybridized carbons (Fsp3) is 0.333. The van der Waals surface area contributed by atoms with E-state index in [-0.39, 0.29) is 25.7 Å². The summed E-state index contributed by atoms with van der Waals surface area (Å²) in [6.45, 7) is 7.39. The Morgan fingerprint density at radius 3 is 1.41 bits per heavy atom. The van der Waals surface area contributed by atoms with Crippen molar-refractivity contribution in [2.45, 2.75) is 65.2 Å². The van der Waals surface area contributed by atoms with Crippen LogP contribution in [0.15, 0.2) is 45.2 Å². The van der Waals surface area contributed by atoms with Crippen LogP contribution in [0.3, 0.4) is 0 Å². The van der Waals surface area contributed by atoms with Gasteiger partial charge in [-0.25, -0.2) is 0 Å². The van der Waals surface area contributed by atoms with Gasteiger partial charge in [-0.3, -0.25) is 19.2 Å². The maximum atomic E-state index is 12.8. The van der Waals surface area contributed by atoms with E-state index >= 15 is 0 Å². The predicted molar refractivity (Wildman–Crippen MR) is 142 cm³/mol. The van der Waals surface area contributed by atoms with Crippen molar-refractivity contribution in [1.82, 2.24) is 0 Å².